The summed E-state index contributed by atoms with van der Waals surface area (Å²) in [6, 6.07) is 3.94. The van der Waals surface area contributed by atoms with Gasteiger partial charge in [0.25, 0.3) is 5.91 Å². The number of nitrogens with zero attached hydrogens (tertiary/aromatic N) is 4. The lowest BCUT2D eigenvalue weighted by atomic mass is 9.84. The quantitative estimate of drug-likeness (QED) is 0.773. The van der Waals surface area contributed by atoms with Crippen LogP contribution in [0, 0.1) is 17.8 Å². The summed E-state index contributed by atoms with van der Waals surface area (Å²) in [6.45, 7) is 8.29. The number of likely N-dealkylation sites (N-methyl/N-ethyl adjacent to an activating group) is 1. The smallest absolute Gasteiger partial charge is 0.270 e. The van der Waals surface area contributed by atoms with E-state index in [1.54, 1.807) is 12.3 Å². The lowest BCUT2D eigenvalue weighted by Crippen LogP contribution is -2.57. The average molecular weight is 408 g/mol. The first-order valence-corrected chi connectivity index (χ1v) is 11.0. The number of fused-ring (bicyclic) bond motifs is 4. The third-order valence-electron chi connectivity index (χ3n) is 6.72. The molecule has 4 fully saturated rings. The van der Waals surface area contributed by atoms with Crippen molar-refractivity contribution in [3.8, 4) is 11.8 Å². The van der Waals surface area contributed by atoms with E-state index in [2.05, 4.69) is 43.9 Å². The number of piperazine rings is 1. The zero-order valence-electron chi connectivity index (χ0n) is 17.6. The highest BCUT2D eigenvalue weighted by molar-refractivity contribution is 5.95. The summed E-state index contributed by atoms with van der Waals surface area (Å²) in [5.74, 6) is 7.45. The molecule has 4 aliphatic heterocycles. The topological polar surface area (TPSA) is 64.8 Å². The largest absolute Gasteiger partial charge is 0.446 e. The zero-order chi connectivity index (χ0) is 20.5. The fourth-order valence-corrected chi connectivity index (χ4v) is 4.75. The minimum Gasteiger partial charge on any atom is -0.446 e. The van der Waals surface area contributed by atoms with Crippen molar-refractivity contribution in [3.63, 3.8) is 0 Å². The van der Waals surface area contributed by atoms with Gasteiger partial charge in [0.2, 0.25) is 0 Å². The fourth-order valence-electron chi connectivity index (χ4n) is 4.75. The Balaban J connectivity index is 1.23. The Bertz CT molecular complexity index is 974. The maximum atomic E-state index is 12.8. The third-order valence-corrected chi connectivity index (χ3v) is 6.72. The van der Waals surface area contributed by atoms with Crippen LogP contribution in [0.5, 0.6) is 0 Å². The first kappa shape index (κ1) is 19.6. The summed E-state index contributed by atoms with van der Waals surface area (Å²) in [4.78, 5) is 24.2. The number of rotatable bonds is 3. The molecule has 6 heterocycles. The van der Waals surface area contributed by atoms with Gasteiger partial charge in [0.05, 0.1) is 12.7 Å². The molecule has 158 valence electrons. The van der Waals surface area contributed by atoms with Gasteiger partial charge in [-0.3, -0.25) is 9.69 Å². The van der Waals surface area contributed by atoms with E-state index in [1.807, 2.05) is 6.07 Å². The second kappa shape index (κ2) is 8.38. The first-order valence-electron chi connectivity index (χ1n) is 11.0. The molecule has 7 nitrogen and oxygen atoms in total. The molecular weight excluding hydrogens is 378 g/mol. The molecule has 0 aromatic carbocycles. The predicted octanol–water partition coefficient (Wildman–Crippen LogP) is 1.25. The van der Waals surface area contributed by atoms with Crippen LogP contribution in [0.1, 0.15) is 29.1 Å². The molecule has 7 heteroatoms. The number of carbonyl (C=O) groups is 1. The number of nitrogens with one attached hydrogen (secondary N) is 1. The molecule has 1 atom stereocenters. The average Bonchev–Trinajstić information content (AvgIpc) is 3.18. The van der Waals surface area contributed by atoms with Crippen molar-refractivity contribution in [2.75, 3.05) is 59.4 Å². The molecule has 2 aromatic rings. The molecule has 4 aliphatic rings. The summed E-state index contributed by atoms with van der Waals surface area (Å²) >= 11 is 0. The van der Waals surface area contributed by atoms with Gasteiger partial charge >= 0.3 is 0 Å². The highest BCUT2D eigenvalue weighted by atomic mass is 16.3. The van der Waals surface area contributed by atoms with E-state index >= 15 is 0 Å². The van der Waals surface area contributed by atoms with Gasteiger partial charge in [-0.25, -0.2) is 4.98 Å². The van der Waals surface area contributed by atoms with Gasteiger partial charge < -0.3 is 19.5 Å². The minimum atomic E-state index is -0.0976. The SMILES string of the molecule is CN1CCN(CC#Cc2cc3cc(C(=O)N[C@H]4CN5CCC4CC5)ncc3o2)CC1. The van der Waals surface area contributed by atoms with E-state index in [0.717, 1.165) is 57.7 Å². The maximum absolute atomic E-state index is 12.8. The van der Waals surface area contributed by atoms with Crippen molar-refractivity contribution in [3.05, 3.63) is 29.8 Å². The van der Waals surface area contributed by atoms with Crippen molar-refractivity contribution in [1.29, 1.82) is 0 Å². The second-order valence-electron chi connectivity index (χ2n) is 8.82. The predicted molar refractivity (Wildman–Crippen MR) is 115 cm³/mol. The van der Waals surface area contributed by atoms with Crippen molar-refractivity contribution < 1.29 is 9.21 Å². The van der Waals surface area contributed by atoms with E-state index in [9.17, 15) is 4.79 Å². The first-order chi connectivity index (χ1) is 14.6. The van der Waals surface area contributed by atoms with Crippen LogP contribution in [0.3, 0.4) is 0 Å². The molecule has 2 aromatic heterocycles. The van der Waals surface area contributed by atoms with Crippen LogP contribution in [0.25, 0.3) is 11.0 Å². The fraction of sp³-hybridized carbons (Fsp3) is 0.565. The van der Waals surface area contributed by atoms with Crippen molar-refractivity contribution >= 4 is 16.9 Å². The van der Waals surface area contributed by atoms with Crippen LogP contribution in [0.15, 0.2) is 22.7 Å². The van der Waals surface area contributed by atoms with Gasteiger partial charge in [-0.2, -0.15) is 0 Å². The molecular formula is C23H29N5O2. The number of amides is 1. The Morgan fingerprint density at radius 3 is 2.73 bits per heavy atom. The van der Waals surface area contributed by atoms with Crippen LogP contribution in [0.2, 0.25) is 0 Å². The molecule has 0 unspecified atom stereocenters. The zero-order valence-corrected chi connectivity index (χ0v) is 17.6. The molecule has 0 spiro atoms. The minimum absolute atomic E-state index is 0.0976. The second-order valence-corrected chi connectivity index (χ2v) is 8.82. The standard InChI is InChI=1S/C23H29N5O2/c1-26-9-11-27(12-10-26)6-2-3-19-13-18-14-20(24-15-22(18)30-19)23(29)25-21-16-28-7-4-17(21)5-8-28/h13-15,17,21H,4-12,16H2,1H3,(H,25,29)/t21-/m0/s1. The number of furan rings is 1. The van der Waals surface area contributed by atoms with Gasteiger partial charge in [0.15, 0.2) is 11.3 Å². The summed E-state index contributed by atoms with van der Waals surface area (Å²) in [5.41, 5.74) is 1.11. The van der Waals surface area contributed by atoms with Crippen LogP contribution in [-0.4, -0.2) is 91.0 Å². The number of piperidine rings is 3. The van der Waals surface area contributed by atoms with Crippen molar-refractivity contribution in [2.45, 2.75) is 18.9 Å². The summed E-state index contributed by atoms with van der Waals surface area (Å²) in [6.07, 6.45) is 3.98. The van der Waals surface area contributed by atoms with E-state index in [1.165, 1.54) is 12.8 Å². The molecule has 30 heavy (non-hydrogen) atoms. The molecule has 1 amide bonds. The van der Waals surface area contributed by atoms with Crippen LogP contribution in [-0.2, 0) is 0 Å². The van der Waals surface area contributed by atoms with Gasteiger partial charge in [0.1, 0.15) is 5.69 Å². The van der Waals surface area contributed by atoms with Gasteiger partial charge in [0, 0.05) is 50.2 Å². The molecule has 6 rings (SSSR count). The van der Waals surface area contributed by atoms with Crippen LogP contribution >= 0.6 is 0 Å². The van der Waals surface area contributed by atoms with Gasteiger partial charge in [-0.05, 0) is 50.9 Å². The monoisotopic (exact) mass is 407 g/mol. The molecule has 1 N–H and O–H groups in total. The highest BCUT2D eigenvalue weighted by Crippen LogP contribution is 2.27. The summed E-state index contributed by atoms with van der Waals surface area (Å²) in [7, 11) is 2.15. The number of hydrogen-bond acceptors (Lipinski definition) is 6. The Morgan fingerprint density at radius 1 is 1.20 bits per heavy atom. The van der Waals surface area contributed by atoms with E-state index in [0.29, 0.717) is 23.0 Å². The van der Waals surface area contributed by atoms with Crippen molar-refractivity contribution in [2.24, 2.45) is 5.92 Å². The molecule has 4 saturated heterocycles. The Kier molecular flexibility index (Phi) is 5.47. The lowest BCUT2D eigenvalue weighted by Gasteiger charge is -2.44. The molecule has 0 radical (unpaired) electrons. The van der Waals surface area contributed by atoms with E-state index in [4.69, 9.17) is 4.42 Å². The highest BCUT2D eigenvalue weighted by Gasteiger charge is 2.35. The summed E-state index contributed by atoms with van der Waals surface area (Å²) < 4.78 is 5.80. The third kappa shape index (κ3) is 4.22. The number of hydrogen-bond donors (Lipinski definition) is 1. The van der Waals surface area contributed by atoms with E-state index < -0.39 is 0 Å². The van der Waals surface area contributed by atoms with Gasteiger partial charge in [-0.15, -0.1) is 0 Å². The Hall–Kier alpha value is -2.40. The number of pyridine rings is 1. The molecule has 0 saturated carbocycles. The number of aromatic nitrogens is 1. The van der Waals surface area contributed by atoms with Crippen LogP contribution in [0.4, 0.5) is 0 Å². The normalized spacial score (nSPS) is 27.0. The van der Waals surface area contributed by atoms with Gasteiger partial charge in [-0.1, -0.05) is 5.92 Å². The Labute approximate surface area is 177 Å². The maximum Gasteiger partial charge on any atom is 0.270 e. The summed E-state index contributed by atoms with van der Waals surface area (Å²) in [5, 5.41) is 4.07. The van der Waals surface area contributed by atoms with E-state index in [-0.39, 0.29) is 11.9 Å². The molecule has 2 bridgehead atoms. The lowest BCUT2D eigenvalue weighted by molar-refractivity contribution is 0.0618. The van der Waals surface area contributed by atoms with Crippen molar-refractivity contribution in [1.82, 2.24) is 25.0 Å². The molecule has 0 aliphatic carbocycles. The Morgan fingerprint density at radius 2 is 2.00 bits per heavy atom. The van der Waals surface area contributed by atoms with Crippen LogP contribution < -0.4 is 5.32 Å². The number of carbonyl (C=O) groups excluding carboxylic acids is 1.